The lowest BCUT2D eigenvalue weighted by Crippen LogP contribution is -2.57. The molecule has 0 aliphatic carbocycles. The Bertz CT molecular complexity index is 390. The van der Waals surface area contributed by atoms with Crippen molar-refractivity contribution >= 4 is 0 Å². The summed E-state index contributed by atoms with van der Waals surface area (Å²) in [7, 11) is 0. The van der Waals surface area contributed by atoms with Crippen molar-refractivity contribution in [1.29, 1.82) is 0 Å². The van der Waals surface area contributed by atoms with Gasteiger partial charge in [0.05, 0.1) is 0 Å². The normalized spacial score (nSPS) is 26.3. The number of hydrogen-bond donors (Lipinski definition) is 2. The van der Waals surface area contributed by atoms with Crippen LogP contribution < -0.4 is 5.32 Å². The number of nitrogens with zero attached hydrogens (tertiary/aromatic N) is 1. The molecule has 0 amide bonds. The molecule has 3 unspecified atom stereocenters. The molecule has 3 nitrogen and oxygen atoms in total. The Kier molecular flexibility index (Phi) is 4.83. The van der Waals surface area contributed by atoms with Gasteiger partial charge in [-0.1, -0.05) is 12.1 Å². The molecule has 2 N–H and O–H groups in total. The van der Waals surface area contributed by atoms with E-state index in [1.807, 2.05) is 12.1 Å². The highest BCUT2D eigenvalue weighted by Crippen LogP contribution is 2.17. The van der Waals surface area contributed by atoms with Crippen molar-refractivity contribution in [3.8, 4) is 5.75 Å². The first-order valence-electron chi connectivity index (χ1n) is 7.33. The molecule has 0 bridgehead atoms. The minimum atomic E-state index is 0.348. The number of nitrogens with one attached hydrogen (secondary N) is 1. The Morgan fingerprint density at radius 2 is 2.00 bits per heavy atom. The Balaban J connectivity index is 1.86. The van der Waals surface area contributed by atoms with Gasteiger partial charge in [-0.3, -0.25) is 4.90 Å². The van der Waals surface area contributed by atoms with Gasteiger partial charge in [0, 0.05) is 31.2 Å². The fraction of sp³-hybridized carbons (Fsp3) is 0.625. The quantitative estimate of drug-likeness (QED) is 0.874. The van der Waals surface area contributed by atoms with Crippen molar-refractivity contribution in [2.75, 3.05) is 13.1 Å². The molecule has 1 fully saturated rings. The molecule has 2 rings (SSSR count). The Morgan fingerprint density at radius 1 is 1.32 bits per heavy atom. The summed E-state index contributed by atoms with van der Waals surface area (Å²) in [6, 6.07) is 9.40. The van der Waals surface area contributed by atoms with E-state index < -0.39 is 0 Å². The second kappa shape index (κ2) is 6.40. The van der Waals surface area contributed by atoms with Gasteiger partial charge in [0.1, 0.15) is 5.75 Å². The summed E-state index contributed by atoms with van der Waals surface area (Å²) in [6.07, 6.45) is 2.24. The number of aryl methyl sites for hydroxylation is 1. The van der Waals surface area contributed by atoms with E-state index in [-0.39, 0.29) is 0 Å². The second-order valence-corrected chi connectivity index (χ2v) is 5.91. The maximum atomic E-state index is 9.29. The van der Waals surface area contributed by atoms with Crippen LogP contribution in [0.3, 0.4) is 0 Å². The van der Waals surface area contributed by atoms with Gasteiger partial charge in [0.25, 0.3) is 0 Å². The number of phenolic OH excluding ortho intramolecular Hbond substituents is 1. The first kappa shape index (κ1) is 14.4. The smallest absolute Gasteiger partial charge is 0.115 e. The standard InChI is InChI=1S/C16H26N2O/c1-12-11-18(14(3)10-17-12)13(2)4-5-15-6-8-16(19)9-7-15/h6-9,12-14,17,19H,4-5,10-11H2,1-3H3. The SMILES string of the molecule is CC1CN(C(C)CCc2ccc(O)cc2)C(C)CN1. The molecule has 0 aromatic heterocycles. The van der Waals surface area contributed by atoms with Gasteiger partial charge in [0.15, 0.2) is 0 Å². The molecule has 1 aromatic carbocycles. The van der Waals surface area contributed by atoms with Crippen molar-refractivity contribution in [1.82, 2.24) is 10.2 Å². The van der Waals surface area contributed by atoms with E-state index in [4.69, 9.17) is 0 Å². The third-order valence-electron chi connectivity index (χ3n) is 4.17. The minimum absolute atomic E-state index is 0.348. The largest absolute Gasteiger partial charge is 0.508 e. The van der Waals surface area contributed by atoms with E-state index in [0.29, 0.717) is 23.9 Å². The van der Waals surface area contributed by atoms with Crippen molar-refractivity contribution in [3.63, 3.8) is 0 Å². The highest BCUT2D eigenvalue weighted by Gasteiger charge is 2.25. The van der Waals surface area contributed by atoms with Crippen molar-refractivity contribution in [2.24, 2.45) is 0 Å². The molecular weight excluding hydrogens is 236 g/mol. The zero-order valence-electron chi connectivity index (χ0n) is 12.3. The third-order valence-corrected chi connectivity index (χ3v) is 4.17. The molecule has 3 atom stereocenters. The highest BCUT2D eigenvalue weighted by molar-refractivity contribution is 5.25. The van der Waals surface area contributed by atoms with Gasteiger partial charge in [0.2, 0.25) is 0 Å². The maximum Gasteiger partial charge on any atom is 0.115 e. The summed E-state index contributed by atoms with van der Waals surface area (Å²) < 4.78 is 0. The number of phenols is 1. The minimum Gasteiger partial charge on any atom is -0.508 e. The molecule has 0 spiro atoms. The summed E-state index contributed by atoms with van der Waals surface area (Å²) in [5.74, 6) is 0.348. The molecule has 1 aliphatic rings. The lowest BCUT2D eigenvalue weighted by molar-refractivity contribution is 0.0989. The average Bonchev–Trinajstić information content (AvgIpc) is 2.40. The van der Waals surface area contributed by atoms with Crippen LogP contribution >= 0.6 is 0 Å². The number of piperazine rings is 1. The summed E-state index contributed by atoms with van der Waals surface area (Å²) in [5, 5.41) is 12.8. The van der Waals surface area contributed by atoms with Crippen LogP contribution in [-0.4, -0.2) is 41.2 Å². The van der Waals surface area contributed by atoms with E-state index in [1.54, 1.807) is 12.1 Å². The molecule has 1 aliphatic heterocycles. The highest BCUT2D eigenvalue weighted by atomic mass is 16.3. The van der Waals surface area contributed by atoms with E-state index in [1.165, 1.54) is 12.0 Å². The molecule has 106 valence electrons. The lowest BCUT2D eigenvalue weighted by Gasteiger charge is -2.41. The summed E-state index contributed by atoms with van der Waals surface area (Å²) in [6.45, 7) is 9.11. The second-order valence-electron chi connectivity index (χ2n) is 5.91. The van der Waals surface area contributed by atoms with Crippen molar-refractivity contribution in [3.05, 3.63) is 29.8 Å². The average molecular weight is 262 g/mol. The topological polar surface area (TPSA) is 35.5 Å². The van der Waals surface area contributed by atoms with Crippen LogP contribution in [0.2, 0.25) is 0 Å². The van der Waals surface area contributed by atoms with Crippen LogP contribution in [0.4, 0.5) is 0 Å². The molecular formula is C16H26N2O. The molecule has 1 aromatic rings. The van der Waals surface area contributed by atoms with Crippen LogP contribution in [-0.2, 0) is 6.42 Å². The van der Waals surface area contributed by atoms with Gasteiger partial charge in [-0.25, -0.2) is 0 Å². The zero-order chi connectivity index (χ0) is 13.8. The number of hydrogen-bond acceptors (Lipinski definition) is 3. The van der Waals surface area contributed by atoms with Crippen LogP contribution in [0.1, 0.15) is 32.8 Å². The van der Waals surface area contributed by atoms with Gasteiger partial charge >= 0.3 is 0 Å². The van der Waals surface area contributed by atoms with Gasteiger partial charge < -0.3 is 10.4 Å². The lowest BCUT2D eigenvalue weighted by atomic mass is 10.0. The maximum absolute atomic E-state index is 9.29. The molecule has 0 saturated carbocycles. The Morgan fingerprint density at radius 3 is 2.68 bits per heavy atom. The molecule has 0 radical (unpaired) electrons. The summed E-state index contributed by atoms with van der Waals surface area (Å²) in [5.41, 5.74) is 1.31. The molecule has 1 saturated heterocycles. The summed E-state index contributed by atoms with van der Waals surface area (Å²) in [4.78, 5) is 2.61. The monoisotopic (exact) mass is 262 g/mol. The molecule has 1 heterocycles. The van der Waals surface area contributed by atoms with E-state index in [9.17, 15) is 5.11 Å². The van der Waals surface area contributed by atoms with Gasteiger partial charge in [-0.05, 0) is 51.3 Å². The first-order chi connectivity index (χ1) is 9.06. The van der Waals surface area contributed by atoms with E-state index in [2.05, 4.69) is 31.0 Å². The van der Waals surface area contributed by atoms with Crippen molar-refractivity contribution < 1.29 is 5.11 Å². The Labute approximate surface area is 116 Å². The van der Waals surface area contributed by atoms with Gasteiger partial charge in [-0.15, -0.1) is 0 Å². The number of rotatable bonds is 4. The third kappa shape index (κ3) is 3.95. The molecule has 19 heavy (non-hydrogen) atoms. The predicted octanol–water partition coefficient (Wildman–Crippen LogP) is 2.40. The van der Waals surface area contributed by atoms with Crippen LogP contribution in [0.5, 0.6) is 5.75 Å². The van der Waals surface area contributed by atoms with Gasteiger partial charge in [-0.2, -0.15) is 0 Å². The fourth-order valence-electron chi connectivity index (χ4n) is 2.87. The van der Waals surface area contributed by atoms with E-state index in [0.717, 1.165) is 19.5 Å². The number of benzene rings is 1. The summed E-state index contributed by atoms with van der Waals surface area (Å²) >= 11 is 0. The van der Waals surface area contributed by atoms with Crippen LogP contribution in [0.15, 0.2) is 24.3 Å². The number of aromatic hydroxyl groups is 1. The zero-order valence-corrected chi connectivity index (χ0v) is 12.3. The Hall–Kier alpha value is -1.06. The van der Waals surface area contributed by atoms with Crippen molar-refractivity contribution in [2.45, 2.75) is 51.7 Å². The fourth-order valence-corrected chi connectivity index (χ4v) is 2.87. The van der Waals surface area contributed by atoms with E-state index >= 15 is 0 Å². The first-order valence-corrected chi connectivity index (χ1v) is 7.33. The predicted molar refractivity (Wildman–Crippen MR) is 79.5 cm³/mol. The molecule has 3 heteroatoms. The van der Waals surface area contributed by atoms with Crippen LogP contribution in [0.25, 0.3) is 0 Å². The van der Waals surface area contributed by atoms with Crippen LogP contribution in [0, 0.1) is 0 Å².